The Morgan fingerprint density at radius 3 is 2.63 bits per heavy atom. The van der Waals surface area contributed by atoms with Crippen molar-refractivity contribution in [1.82, 2.24) is 9.55 Å². The lowest BCUT2D eigenvalue weighted by Gasteiger charge is -2.27. The largest absolute Gasteiger partial charge is 0.491 e. The van der Waals surface area contributed by atoms with Gasteiger partial charge in [-0.05, 0) is 57.0 Å². The minimum Gasteiger partial charge on any atom is -0.491 e. The van der Waals surface area contributed by atoms with E-state index in [9.17, 15) is 4.79 Å². The molecule has 1 aromatic heterocycles. The first-order valence-corrected chi connectivity index (χ1v) is 9.09. The summed E-state index contributed by atoms with van der Waals surface area (Å²) in [7, 11) is 0. The zero-order valence-corrected chi connectivity index (χ0v) is 16.2. The van der Waals surface area contributed by atoms with E-state index < -0.39 is 0 Å². The topological polar surface area (TPSA) is 47.4 Å². The summed E-state index contributed by atoms with van der Waals surface area (Å²) >= 11 is 0. The van der Waals surface area contributed by atoms with Crippen molar-refractivity contribution in [2.75, 3.05) is 4.90 Å². The van der Waals surface area contributed by atoms with Crippen LogP contribution in [0.5, 0.6) is 5.75 Å². The first-order chi connectivity index (χ1) is 13.0. The number of benzene rings is 2. The van der Waals surface area contributed by atoms with Crippen molar-refractivity contribution in [3.8, 4) is 11.4 Å². The predicted octanol–water partition coefficient (Wildman–Crippen LogP) is 4.69. The summed E-state index contributed by atoms with van der Waals surface area (Å²) in [5.74, 6) is 0.754. The Morgan fingerprint density at radius 1 is 1.15 bits per heavy atom. The van der Waals surface area contributed by atoms with Gasteiger partial charge < -0.3 is 14.2 Å². The number of aromatic nitrogens is 2. The molecule has 0 N–H and O–H groups in total. The second-order valence-corrected chi connectivity index (χ2v) is 6.87. The molecule has 0 saturated heterocycles. The molecule has 0 fully saturated rings. The smallest absolute Gasteiger partial charge is 0.214 e. The number of ether oxygens (including phenoxy) is 1. The second kappa shape index (κ2) is 8.08. The zero-order chi connectivity index (χ0) is 19.4. The summed E-state index contributed by atoms with van der Waals surface area (Å²) in [6.45, 7) is 8.05. The van der Waals surface area contributed by atoms with Crippen molar-refractivity contribution < 1.29 is 9.53 Å². The van der Waals surface area contributed by atoms with E-state index in [1.54, 1.807) is 17.4 Å². The molecule has 1 atom stereocenters. The number of anilines is 1. The van der Waals surface area contributed by atoms with Gasteiger partial charge in [0.15, 0.2) is 0 Å². The highest BCUT2D eigenvalue weighted by molar-refractivity contribution is 5.77. The lowest BCUT2D eigenvalue weighted by Crippen LogP contribution is -2.25. The van der Waals surface area contributed by atoms with E-state index in [4.69, 9.17) is 4.74 Å². The molecule has 3 rings (SSSR count). The minimum absolute atomic E-state index is 0.0807. The van der Waals surface area contributed by atoms with E-state index in [0.29, 0.717) is 0 Å². The van der Waals surface area contributed by atoms with Crippen molar-refractivity contribution in [2.24, 2.45) is 0 Å². The van der Waals surface area contributed by atoms with Crippen LogP contribution in [0, 0.1) is 6.92 Å². The summed E-state index contributed by atoms with van der Waals surface area (Å²) in [4.78, 5) is 17.8. The molecule has 0 aliphatic carbocycles. The van der Waals surface area contributed by atoms with Crippen molar-refractivity contribution in [3.05, 3.63) is 72.3 Å². The number of aryl methyl sites for hydroxylation is 1. The highest BCUT2D eigenvalue weighted by Gasteiger charge is 2.18. The van der Waals surface area contributed by atoms with Crippen LogP contribution < -0.4 is 9.64 Å². The van der Waals surface area contributed by atoms with Gasteiger partial charge in [0.25, 0.3) is 0 Å². The van der Waals surface area contributed by atoms with Gasteiger partial charge in [0, 0.05) is 29.8 Å². The minimum atomic E-state index is -0.125. The molecule has 0 radical (unpaired) electrons. The van der Waals surface area contributed by atoms with Crippen molar-refractivity contribution in [1.29, 1.82) is 0 Å². The fourth-order valence-electron chi connectivity index (χ4n) is 3.09. The molecule has 1 amide bonds. The summed E-state index contributed by atoms with van der Waals surface area (Å²) in [5.41, 5.74) is 4.06. The van der Waals surface area contributed by atoms with E-state index >= 15 is 0 Å². The number of hydrogen-bond donors (Lipinski definition) is 0. The summed E-state index contributed by atoms with van der Waals surface area (Å²) in [6, 6.07) is 13.7. The van der Waals surface area contributed by atoms with E-state index in [0.717, 1.165) is 34.7 Å². The highest BCUT2D eigenvalue weighted by Crippen LogP contribution is 2.30. The van der Waals surface area contributed by atoms with Gasteiger partial charge in [-0.25, -0.2) is 4.98 Å². The van der Waals surface area contributed by atoms with Gasteiger partial charge in [0.1, 0.15) is 5.75 Å². The average Bonchev–Trinajstić information content (AvgIpc) is 3.17. The SMILES string of the molecule is Cc1ccc([C@H](C)N(C=O)c2cccc(OC(C)C)c2)cc1-n1ccnc1. The number of amides is 1. The molecule has 3 aromatic rings. The van der Waals surface area contributed by atoms with Gasteiger partial charge in [0.05, 0.1) is 18.5 Å². The standard InChI is InChI=1S/C22H25N3O2/c1-16(2)27-21-7-5-6-20(13-21)25(15-26)18(4)19-9-8-17(3)22(12-19)24-11-10-23-14-24/h5-16,18H,1-4H3/t18-/m0/s1. The number of carbonyl (C=O) groups is 1. The molecule has 27 heavy (non-hydrogen) atoms. The third-order valence-corrected chi connectivity index (χ3v) is 4.52. The second-order valence-electron chi connectivity index (χ2n) is 6.87. The molecule has 5 nitrogen and oxygen atoms in total. The lowest BCUT2D eigenvalue weighted by molar-refractivity contribution is -0.107. The lowest BCUT2D eigenvalue weighted by atomic mass is 10.0. The quantitative estimate of drug-likeness (QED) is 0.572. The van der Waals surface area contributed by atoms with Gasteiger partial charge in [-0.1, -0.05) is 18.2 Å². The number of imidazole rings is 1. The van der Waals surface area contributed by atoms with E-state index in [2.05, 4.69) is 30.1 Å². The van der Waals surface area contributed by atoms with E-state index in [-0.39, 0.29) is 12.1 Å². The number of hydrogen-bond acceptors (Lipinski definition) is 3. The normalized spacial score (nSPS) is 12.0. The van der Waals surface area contributed by atoms with E-state index in [1.807, 2.05) is 55.8 Å². The molecule has 5 heteroatoms. The van der Waals surface area contributed by atoms with Crippen LogP contribution >= 0.6 is 0 Å². The van der Waals surface area contributed by atoms with Crippen LogP contribution in [0.1, 0.15) is 37.9 Å². The molecule has 2 aromatic carbocycles. The van der Waals surface area contributed by atoms with Gasteiger partial charge in [-0.3, -0.25) is 4.79 Å². The molecule has 0 spiro atoms. The van der Waals surface area contributed by atoms with Crippen LogP contribution in [-0.2, 0) is 4.79 Å². The molecule has 0 aliphatic rings. The van der Waals surface area contributed by atoms with Crippen molar-refractivity contribution in [2.45, 2.75) is 39.8 Å². The predicted molar refractivity (Wildman–Crippen MR) is 107 cm³/mol. The first-order valence-electron chi connectivity index (χ1n) is 9.09. The van der Waals surface area contributed by atoms with Gasteiger partial charge in [-0.15, -0.1) is 0 Å². The highest BCUT2D eigenvalue weighted by atomic mass is 16.5. The van der Waals surface area contributed by atoms with Crippen LogP contribution in [-0.4, -0.2) is 22.1 Å². The van der Waals surface area contributed by atoms with Gasteiger partial charge in [-0.2, -0.15) is 0 Å². The van der Waals surface area contributed by atoms with Crippen LogP contribution in [0.2, 0.25) is 0 Å². The zero-order valence-electron chi connectivity index (χ0n) is 16.2. The Kier molecular flexibility index (Phi) is 5.60. The number of nitrogens with zero attached hydrogens (tertiary/aromatic N) is 3. The summed E-state index contributed by atoms with van der Waals surface area (Å²) in [5, 5.41) is 0. The maximum Gasteiger partial charge on any atom is 0.214 e. The van der Waals surface area contributed by atoms with Crippen LogP contribution in [0.25, 0.3) is 5.69 Å². The Morgan fingerprint density at radius 2 is 1.96 bits per heavy atom. The van der Waals surface area contributed by atoms with E-state index in [1.165, 1.54) is 0 Å². The molecular weight excluding hydrogens is 338 g/mol. The fraction of sp³-hybridized carbons (Fsp3) is 0.273. The van der Waals surface area contributed by atoms with Crippen molar-refractivity contribution >= 4 is 12.1 Å². The third-order valence-electron chi connectivity index (χ3n) is 4.52. The van der Waals surface area contributed by atoms with Crippen LogP contribution in [0.3, 0.4) is 0 Å². The third kappa shape index (κ3) is 4.19. The number of carbonyl (C=O) groups excluding carboxylic acids is 1. The molecule has 140 valence electrons. The molecule has 0 saturated carbocycles. The summed E-state index contributed by atoms with van der Waals surface area (Å²) in [6.07, 6.45) is 6.41. The van der Waals surface area contributed by atoms with Crippen LogP contribution in [0.15, 0.2) is 61.2 Å². The Balaban J connectivity index is 1.93. The first kappa shape index (κ1) is 18.7. The van der Waals surface area contributed by atoms with Gasteiger partial charge in [0.2, 0.25) is 6.41 Å². The Bertz CT molecular complexity index is 904. The molecule has 0 bridgehead atoms. The van der Waals surface area contributed by atoms with Crippen molar-refractivity contribution in [3.63, 3.8) is 0 Å². The molecule has 1 heterocycles. The maximum absolute atomic E-state index is 11.9. The number of rotatable bonds is 7. The summed E-state index contributed by atoms with van der Waals surface area (Å²) < 4.78 is 7.75. The van der Waals surface area contributed by atoms with Crippen LogP contribution in [0.4, 0.5) is 5.69 Å². The molecule has 0 aliphatic heterocycles. The van der Waals surface area contributed by atoms with Gasteiger partial charge >= 0.3 is 0 Å². The molecule has 0 unspecified atom stereocenters. The monoisotopic (exact) mass is 363 g/mol. The fourth-order valence-corrected chi connectivity index (χ4v) is 3.09. The maximum atomic E-state index is 11.9. The Hall–Kier alpha value is -3.08. The molecular formula is C22H25N3O2. The average molecular weight is 363 g/mol. The Labute approximate surface area is 160 Å².